The molecule has 0 fully saturated rings. The van der Waals surface area contributed by atoms with Gasteiger partial charge in [-0.2, -0.15) is 0 Å². The minimum absolute atomic E-state index is 0.0519. The Balaban J connectivity index is 2.86. The Morgan fingerprint density at radius 1 is 1.22 bits per heavy atom. The highest BCUT2D eigenvalue weighted by Crippen LogP contribution is 2.32. The van der Waals surface area contributed by atoms with E-state index < -0.39 is 6.10 Å². The number of hydrogen-bond donors (Lipinski definition) is 1. The molecule has 2 rings (SSSR count). The molecule has 2 aromatic rings. The van der Waals surface area contributed by atoms with E-state index in [0.717, 1.165) is 22.2 Å². The van der Waals surface area contributed by atoms with Crippen LogP contribution in [0, 0.1) is 6.92 Å². The van der Waals surface area contributed by atoms with Crippen molar-refractivity contribution in [3.8, 4) is 0 Å². The Morgan fingerprint density at radius 2 is 1.89 bits per heavy atom. The lowest BCUT2D eigenvalue weighted by atomic mass is 9.84. The maximum Gasteiger partial charge on any atom is 0.0769 e. The van der Waals surface area contributed by atoms with E-state index in [1.165, 1.54) is 5.56 Å². The number of aromatic nitrogens is 1. The van der Waals surface area contributed by atoms with Gasteiger partial charge in [-0.05, 0) is 36.5 Å². The van der Waals surface area contributed by atoms with E-state index in [0.29, 0.717) is 0 Å². The highest BCUT2D eigenvalue weighted by Gasteiger charge is 2.19. The van der Waals surface area contributed by atoms with Gasteiger partial charge in [-0.25, -0.2) is 0 Å². The first-order valence-electron chi connectivity index (χ1n) is 6.39. The third kappa shape index (κ3) is 2.25. The quantitative estimate of drug-likeness (QED) is 0.824. The first kappa shape index (κ1) is 13.0. The van der Waals surface area contributed by atoms with Crippen LogP contribution in [0.4, 0.5) is 0 Å². The van der Waals surface area contributed by atoms with Gasteiger partial charge < -0.3 is 5.11 Å². The second kappa shape index (κ2) is 4.36. The molecule has 0 saturated heterocycles. The van der Waals surface area contributed by atoms with E-state index in [-0.39, 0.29) is 5.41 Å². The van der Waals surface area contributed by atoms with Crippen molar-refractivity contribution in [2.75, 3.05) is 0 Å². The zero-order valence-corrected chi connectivity index (χ0v) is 11.8. The number of aliphatic hydroxyl groups excluding tert-OH is 1. The van der Waals surface area contributed by atoms with Crippen LogP contribution < -0.4 is 0 Å². The molecule has 0 bridgehead atoms. The average Bonchev–Trinajstić information content (AvgIpc) is 2.25. The normalized spacial score (nSPS) is 13.9. The second-order valence-electron chi connectivity index (χ2n) is 5.98. The van der Waals surface area contributed by atoms with Crippen LogP contribution in [0.25, 0.3) is 10.9 Å². The van der Waals surface area contributed by atoms with Crippen LogP contribution in [0.5, 0.6) is 0 Å². The summed E-state index contributed by atoms with van der Waals surface area (Å²) in [5.41, 5.74) is 4.21. The molecule has 0 spiro atoms. The number of aryl methyl sites for hydroxylation is 1. The monoisotopic (exact) mass is 243 g/mol. The highest BCUT2D eigenvalue weighted by atomic mass is 16.3. The highest BCUT2D eigenvalue weighted by molar-refractivity contribution is 5.86. The number of benzene rings is 1. The van der Waals surface area contributed by atoms with Crippen molar-refractivity contribution >= 4 is 10.9 Å². The van der Waals surface area contributed by atoms with E-state index in [9.17, 15) is 5.11 Å². The molecule has 2 nitrogen and oxygen atoms in total. The van der Waals surface area contributed by atoms with Crippen LogP contribution in [0.1, 0.15) is 50.6 Å². The lowest BCUT2D eigenvalue weighted by molar-refractivity contribution is 0.200. The molecule has 0 saturated carbocycles. The molecule has 0 amide bonds. The topological polar surface area (TPSA) is 33.1 Å². The number of pyridine rings is 1. The number of aliphatic hydroxyl groups is 1. The van der Waals surface area contributed by atoms with Crippen molar-refractivity contribution in [2.24, 2.45) is 0 Å². The van der Waals surface area contributed by atoms with Gasteiger partial charge in [-0.3, -0.25) is 4.98 Å². The standard InChI is InChI=1S/C16H21NO/c1-10-9-13(11(2)18)12-7-6-8-14(15(12)17-10)16(3,4)5/h6-9,11,18H,1-5H3. The summed E-state index contributed by atoms with van der Waals surface area (Å²) >= 11 is 0. The first-order valence-corrected chi connectivity index (χ1v) is 6.39. The predicted molar refractivity (Wildman–Crippen MR) is 75.8 cm³/mol. The summed E-state index contributed by atoms with van der Waals surface area (Å²) < 4.78 is 0. The van der Waals surface area contributed by atoms with Crippen LogP contribution >= 0.6 is 0 Å². The van der Waals surface area contributed by atoms with Gasteiger partial charge in [0.05, 0.1) is 11.6 Å². The molecular weight excluding hydrogens is 222 g/mol. The van der Waals surface area contributed by atoms with Crippen LogP contribution in [0.3, 0.4) is 0 Å². The smallest absolute Gasteiger partial charge is 0.0769 e. The molecule has 1 unspecified atom stereocenters. The van der Waals surface area contributed by atoms with Gasteiger partial charge in [0.15, 0.2) is 0 Å². The number of fused-ring (bicyclic) bond motifs is 1. The van der Waals surface area contributed by atoms with Gasteiger partial charge in [0.1, 0.15) is 0 Å². The van der Waals surface area contributed by atoms with E-state index in [1.807, 2.05) is 25.1 Å². The third-order valence-electron chi connectivity index (χ3n) is 3.26. The van der Waals surface area contributed by atoms with Gasteiger partial charge in [-0.1, -0.05) is 39.0 Å². The molecule has 1 N–H and O–H groups in total. The zero-order valence-electron chi connectivity index (χ0n) is 11.8. The Hall–Kier alpha value is -1.41. The number of para-hydroxylation sites is 1. The lowest BCUT2D eigenvalue weighted by Crippen LogP contribution is -2.13. The minimum Gasteiger partial charge on any atom is -0.389 e. The number of rotatable bonds is 1. The van der Waals surface area contributed by atoms with E-state index in [4.69, 9.17) is 0 Å². The fraction of sp³-hybridized carbons (Fsp3) is 0.438. The van der Waals surface area contributed by atoms with Crippen molar-refractivity contribution in [3.05, 3.63) is 41.1 Å². The molecule has 1 heterocycles. The van der Waals surface area contributed by atoms with Gasteiger partial charge in [0.25, 0.3) is 0 Å². The predicted octanol–water partition coefficient (Wildman–Crippen LogP) is 3.89. The van der Waals surface area contributed by atoms with Gasteiger partial charge >= 0.3 is 0 Å². The minimum atomic E-state index is -0.468. The molecule has 0 aliphatic heterocycles. The van der Waals surface area contributed by atoms with Crippen LogP contribution in [-0.2, 0) is 5.41 Å². The fourth-order valence-corrected chi connectivity index (χ4v) is 2.36. The van der Waals surface area contributed by atoms with Crippen molar-refractivity contribution in [1.29, 1.82) is 0 Å². The molecular formula is C16H21NO. The van der Waals surface area contributed by atoms with Crippen molar-refractivity contribution in [3.63, 3.8) is 0 Å². The summed E-state index contributed by atoms with van der Waals surface area (Å²) in [4.78, 5) is 4.67. The molecule has 1 aromatic heterocycles. The van der Waals surface area contributed by atoms with Gasteiger partial charge in [0.2, 0.25) is 0 Å². The summed E-state index contributed by atoms with van der Waals surface area (Å²) in [5, 5.41) is 11.0. The summed E-state index contributed by atoms with van der Waals surface area (Å²) in [5.74, 6) is 0. The maximum atomic E-state index is 9.91. The SMILES string of the molecule is Cc1cc(C(C)O)c2cccc(C(C)(C)C)c2n1. The van der Waals surface area contributed by atoms with Crippen molar-refractivity contribution in [1.82, 2.24) is 4.98 Å². The third-order valence-corrected chi connectivity index (χ3v) is 3.26. The van der Waals surface area contributed by atoms with Crippen LogP contribution in [0.2, 0.25) is 0 Å². The van der Waals surface area contributed by atoms with Gasteiger partial charge in [-0.15, -0.1) is 0 Å². The second-order valence-corrected chi connectivity index (χ2v) is 5.98. The fourth-order valence-electron chi connectivity index (χ4n) is 2.36. The van der Waals surface area contributed by atoms with Crippen LogP contribution in [0.15, 0.2) is 24.3 Å². The molecule has 96 valence electrons. The largest absolute Gasteiger partial charge is 0.389 e. The molecule has 1 aromatic carbocycles. The van der Waals surface area contributed by atoms with Gasteiger partial charge in [0, 0.05) is 11.1 Å². The van der Waals surface area contributed by atoms with E-state index in [2.05, 4.69) is 31.8 Å². The van der Waals surface area contributed by atoms with E-state index in [1.54, 1.807) is 6.92 Å². The molecule has 0 radical (unpaired) electrons. The van der Waals surface area contributed by atoms with E-state index >= 15 is 0 Å². The number of hydrogen-bond acceptors (Lipinski definition) is 2. The number of nitrogens with zero attached hydrogens (tertiary/aromatic N) is 1. The summed E-state index contributed by atoms with van der Waals surface area (Å²) in [6.45, 7) is 10.3. The lowest BCUT2D eigenvalue weighted by Gasteiger charge is -2.22. The molecule has 18 heavy (non-hydrogen) atoms. The summed E-state index contributed by atoms with van der Waals surface area (Å²) in [6.07, 6.45) is -0.468. The Morgan fingerprint density at radius 3 is 2.44 bits per heavy atom. The average molecular weight is 243 g/mol. The Bertz CT molecular complexity index is 579. The molecule has 0 aliphatic rings. The maximum absolute atomic E-state index is 9.91. The molecule has 2 heteroatoms. The van der Waals surface area contributed by atoms with Crippen LogP contribution in [-0.4, -0.2) is 10.1 Å². The Kier molecular flexibility index (Phi) is 3.16. The summed E-state index contributed by atoms with van der Waals surface area (Å²) in [6, 6.07) is 8.19. The van der Waals surface area contributed by atoms with Crippen molar-refractivity contribution in [2.45, 2.75) is 46.1 Å². The first-order chi connectivity index (χ1) is 8.30. The van der Waals surface area contributed by atoms with Crippen molar-refractivity contribution < 1.29 is 5.11 Å². The molecule has 1 atom stereocenters. The molecule has 0 aliphatic carbocycles. The summed E-state index contributed by atoms with van der Waals surface area (Å²) in [7, 11) is 0. The zero-order chi connectivity index (χ0) is 13.5. The Labute approximate surface area is 109 Å².